The van der Waals surface area contributed by atoms with Crippen LogP contribution in [-0.4, -0.2) is 37.6 Å². The number of hydrogen-bond acceptors (Lipinski definition) is 4. The first-order valence-electron chi connectivity index (χ1n) is 12.0. The molecule has 6 heteroatoms. The first-order chi connectivity index (χ1) is 16.9. The Morgan fingerprint density at radius 1 is 1.09 bits per heavy atom. The highest BCUT2D eigenvalue weighted by atomic mass is 19.1. The summed E-state index contributed by atoms with van der Waals surface area (Å²) in [4.78, 5) is 15.5. The van der Waals surface area contributed by atoms with Crippen LogP contribution in [0.25, 0.3) is 0 Å². The van der Waals surface area contributed by atoms with E-state index in [9.17, 15) is 9.18 Å². The number of halogens is 1. The van der Waals surface area contributed by atoms with Crippen LogP contribution in [0.2, 0.25) is 0 Å². The third kappa shape index (κ3) is 5.49. The number of amides is 1. The molecule has 0 bridgehead atoms. The van der Waals surface area contributed by atoms with Gasteiger partial charge in [0.2, 0.25) is 0 Å². The average molecular weight is 477 g/mol. The van der Waals surface area contributed by atoms with Crippen molar-refractivity contribution in [3.8, 4) is 11.5 Å². The molecule has 0 spiro atoms. The molecule has 3 aromatic carbocycles. The second-order valence-electron chi connectivity index (χ2n) is 9.06. The van der Waals surface area contributed by atoms with Gasteiger partial charge in [0.05, 0.1) is 20.3 Å². The van der Waals surface area contributed by atoms with Crippen molar-refractivity contribution in [3.63, 3.8) is 0 Å². The fourth-order valence-corrected chi connectivity index (χ4v) is 4.98. The maximum absolute atomic E-state index is 13.4. The van der Waals surface area contributed by atoms with Crippen LogP contribution < -0.4 is 14.8 Å². The molecule has 2 unspecified atom stereocenters. The van der Waals surface area contributed by atoms with E-state index in [-0.39, 0.29) is 23.8 Å². The number of rotatable bonds is 8. The number of benzene rings is 3. The van der Waals surface area contributed by atoms with Crippen molar-refractivity contribution in [2.75, 3.05) is 20.8 Å². The van der Waals surface area contributed by atoms with Crippen LogP contribution in [-0.2, 0) is 13.0 Å². The maximum atomic E-state index is 13.4. The second kappa shape index (κ2) is 10.9. The molecule has 0 saturated carbocycles. The number of ether oxygens (including phenoxy) is 2. The summed E-state index contributed by atoms with van der Waals surface area (Å²) in [5.74, 6) is 0.814. The first kappa shape index (κ1) is 24.7. The van der Waals surface area contributed by atoms with Gasteiger partial charge in [0, 0.05) is 24.7 Å². The van der Waals surface area contributed by atoms with Crippen LogP contribution >= 0.6 is 0 Å². The van der Waals surface area contributed by atoms with Gasteiger partial charge in [0.25, 0.3) is 5.91 Å². The van der Waals surface area contributed by atoms with Gasteiger partial charge in [0.1, 0.15) is 5.82 Å². The van der Waals surface area contributed by atoms with E-state index in [1.54, 1.807) is 14.2 Å². The summed E-state index contributed by atoms with van der Waals surface area (Å²) >= 11 is 0. The summed E-state index contributed by atoms with van der Waals surface area (Å²) in [6, 6.07) is 18.1. The molecule has 1 amide bonds. The van der Waals surface area contributed by atoms with E-state index in [1.807, 2.05) is 6.07 Å². The van der Waals surface area contributed by atoms with Crippen molar-refractivity contribution in [3.05, 3.63) is 94.3 Å². The Balaban J connectivity index is 1.72. The monoisotopic (exact) mass is 476 g/mol. The van der Waals surface area contributed by atoms with Crippen molar-refractivity contribution in [1.29, 1.82) is 0 Å². The summed E-state index contributed by atoms with van der Waals surface area (Å²) in [6.07, 6.45) is 1.61. The van der Waals surface area contributed by atoms with Crippen molar-refractivity contribution < 1.29 is 18.7 Å². The summed E-state index contributed by atoms with van der Waals surface area (Å²) in [5, 5.41) is 3.23. The number of carbonyl (C=O) groups is 1. The quantitative estimate of drug-likeness (QED) is 0.469. The van der Waals surface area contributed by atoms with Crippen LogP contribution in [0.5, 0.6) is 11.5 Å². The minimum atomic E-state index is -0.361. The molecule has 0 aliphatic carbocycles. The second-order valence-corrected chi connectivity index (χ2v) is 9.06. The molecule has 1 heterocycles. The highest BCUT2D eigenvalue weighted by Gasteiger charge is 2.35. The molecule has 3 aromatic rings. The summed E-state index contributed by atoms with van der Waals surface area (Å²) < 4.78 is 24.6. The predicted molar refractivity (Wildman–Crippen MR) is 136 cm³/mol. The van der Waals surface area contributed by atoms with Crippen molar-refractivity contribution in [2.24, 2.45) is 0 Å². The smallest absolute Gasteiger partial charge is 0.251 e. The minimum Gasteiger partial charge on any atom is -0.493 e. The highest BCUT2D eigenvalue weighted by molar-refractivity contribution is 5.94. The molecule has 184 valence electrons. The fourth-order valence-electron chi connectivity index (χ4n) is 4.98. The molecule has 0 radical (unpaired) electrons. The number of carbonyl (C=O) groups excluding carboxylic acids is 1. The van der Waals surface area contributed by atoms with E-state index >= 15 is 0 Å². The van der Waals surface area contributed by atoms with Gasteiger partial charge in [-0.1, -0.05) is 36.8 Å². The molecule has 0 aromatic heterocycles. The van der Waals surface area contributed by atoms with E-state index in [1.165, 1.54) is 41.0 Å². The summed E-state index contributed by atoms with van der Waals surface area (Å²) in [7, 11) is 3.28. The zero-order valence-corrected chi connectivity index (χ0v) is 20.8. The number of nitrogens with zero attached hydrogens (tertiary/aromatic N) is 1. The van der Waals surface area contributed by atoms with Crippen molar-refractivity contribution >= 4 is 5.91 Å². The number of fused-ring (bicyclic) bond motifs is 1. The normalized spacial score (nSPS) is 16.3. The Morgan fingerprint density at radius 3 is 2.46 bits per heavy atom. The summed E-state index contributed by atoms with van der Waals surface area (Å²) in [5.41, 5.74) is 5.23. The number of nitrogens with one attached hydrogen (secondary N) is 1. The van der Waals surface area contributed by atoms with Crippen LogP contribution in [0.15, 0.2) is 60.7 Å². The topological polar surface area (TPSA) is 50.8 Å². The van der Waals surface area contributed by atoms with E-state index in [0.717, 1.165) is 31.5 Å². The predicted octanol–water partition coefficient (Wildman–Crippen LogP) is 5.46. The first-order valence-corrected chi connectivity index (χ1v) is 12.0. The van der Waals surface area contributed by atoms with Gasteiger partial charge in [-0.25, -0.2) is 4.39 Å². The number of hydrogen-bond donors (Lipinski definition) is 1. The lowest BCUT2D eigenvalue weighted by atomic mass is 9.86. The lowest BCUT2D eigenvalue weighted by Crippen LogP contribution is -2.48. The molecule has 5 nitrogen and oxygen atoms in total. The Bertz CT molecular complexity index is 1180. The molecule has 0 fully saturated rings. The van der Waals surface area contributed by atoms with E-state index in [2.05, 4.69) is 54.4 Å². The standard InChI is InChI=1S/C29H33FN2O3/c1-5-25(31-29(33)21-9-11-23(30)12-10-21)28-24-17-27(35-4)26(34-3)16-22(24)13-14-32(28)18-20-8-6-7-19(2)15-20/h6-12,15-17,25,28H,5,13-14,18H2,1-4H3,(H,31,33). The molecular formula is C29H33FN2O3. The largest absolute Gasteiger partial charge is 0.493 e. The van der Waals surface area contributed by atoms with Gasteiger partial charge in [0.15, 0.2) is 11.5 Å². The number of aryl methyl sites for hydroxylation is 1. The van der Waals surface area contributed by atoms with Crippen LogP contribution in [0.3, 0.4) is 0 Å². The fraction of sp³-hybridized carbons (Fsp3) is 0.345. The van der Waals surface area contributed by atoms with Crippen molar-refractivity contribution in [1.82, 2.24) is 10.2 Å². The van der Waals surface area contributed by atoms with E-state index in [0.29, 0.717) is 17.1 Å². The lowest BCUT2D eigenvalue weighted by Gasteiger charge is -2.42. The number of methoxy groups -OCH3 is 2. The van der Waals surface area contributed by atoms with Gasteiger partial charge in [-0.15, -0.1) is 0 Å². The van der Waals surface area contributed by atoms with Gasteiger partial charge in [-0.05, 0) is 72.9 Å². The van der Waals surface area contributed by atoms with Crippen LogP contribution in [0.1, 0.15) is 52.0 Å². The third-order valence-corrected chi connectivity index (χ3v) is 6.74. The molecule has 35 heavy (non-hydrogen) atoms. The minimum absolute atomic E-state index is 0.0616. The van der Waals surface area contributed by atoms with Gasteiger partial charge in [-0.2, -0.15) is 0 Å². The van der Waals surface area contributed by atoms with E-state index < -0.39 is 0 Å². The van der Waals surface area contributed by atoms with Gasteiger partial charge >= 0.3 is 0 Å². The zero-order valence-electron chi connectivity index (χ0n) is 20.8. The Kier molecular flexibility index (Phi) is 7.71. The maximum Gasteiger partial charge on any atom is 0.251 e. The SMILES string of the molecule is CCC(NC(=O)c1ccc(F)cc1)C1c2cc(OC)c(OC)cc2CCN1Cc1cccc(C)c1. The van der Waals surface area contributed by atoms with Gasteiger partial charge in [-0.3, -0.25) is 9.69 Å². The summed E-state index contributed by atoms with van der Waals surface area (Å²) in [6.45, 7) is 5.80. The van der Waals surface area contributed by atoms with Gasteiger partial charge < -0.3 is 14.8 Å². The lowest BCUT2D eigenvalue weighted by molar-refractivity contribution is 0.0859. The Hall–Kier alpha value is -3.38. The molecule has 1 aliphatic heterocycles. The third-order valence-electron chi connectivity index (χ3n) is 6.74. The average Bonchev–Trinajstić information content (AvgIpc) is 2.87. The Morgan fingerprint density at radius 2 is 1.80 bits per heavy atom. The molecular weight excluding hydrogens is 443 g/mol. The van der Waals surface area contributed by atoms with E-state index in [4.69, 9.17) is 9.47 Å². The zero-order chi connectivity index (χ0) is 24.9. The molecule has 0 saturated heterocycles. The molecule has 1 aliphatic rings. The van der Waals surface area contributed by atoms with Crippen LogP contribution in [0.4, 0.5) is 4.39 Å². The highest BCUT2D eigenvalue weighted by Crippen LogP contribution is 2.40. The Labute approximate surface area is 206 Å². The molecule has 4 rings (SSSR count). The molecule has 1 N–H and O–H groups in total. The molecule has 2 atom stereocenters. The van der Waals surface area contributed by atoms with Crippen molar-refractivity contribution in [2.45, 2.75) is 45.3 Å². The van der Waals surface area contributed by atoms with Crippen LogP contribution in [0, 0.1) is 12.7 Å².